The predicted molar refractivity (Wildman–Crippen MR) is 123 cm³/mol. The summed E-state index contributed by atoms with van der Waals surface area (Å²) in [4.78, 5) is 24.7. The smallest absolute Gasteiger partial charge is 0.323 e. The van der Waals surface area contributed by atoms with Crippen molar-refractivity contribution in [1.29, 1.82) is 0 Å². The first-order valence-electron chi connectivity index (χ1n) is 11.7. The third kappa shape index (κ3) is 5.00. The number of hydrogen-bond donors (Lipinski definition) is 4. The maximum atomic E-state index is 13.8. The number of benzene rings is 2. The van der Waals surface area contributed by atoms with Gasteiger partial charge in [0, 0.05) is 23.7 Å². The maximum Gasteiger partial charge on any atom is 0.323 e. The molecule has 180 valence electrons. The highest BCUT2D eigenvalue weighted by Crippen LogP contribution is 2.47. The second-order valence-corrected chi connectivity index (χ2v) is 9.17. The van der Waals surface area contributed by atoms with Crippen molar-refractivity contribution in [1.82, 2.24) is 5.32 Å². The molecule has 3 amide bonds. The lowest BCUT2D eigenvalue weighted by molar-refractivity contribution is -0.142. The Labute approximate surface area is 196 Å². The van der Waals surface area contributed by atoms with Gasteiger partial charge in [-0.3, -0.25) is 4.79 Å². The summed E-state index contributed by atoms with van der Waals surface area (Å²) in [7, 11) is 0. The molecule has 1 saturated carbocycles. The first kappa shape index (κ1) is 22.6. The van der Waals surface area contributed by atoms with Crippen LogP contribution in [0.5, 0.6) is 5.75 Å². The monoisotopic (exact) mass is 469 g/mol. The van der Waals surface area contributed by atoms with Gasteiger partial charge in [-0.1, -0.05) is 12.1 Å². The van der Waals surface area contributed by atoms with Crippen molar-refractivity contribution in [2.75, 3.05) is 23.8 Å². The Bertz CT molecular complexity index is 1080. The van der Waals surface area contributed by atoms with E-state index < -0.39 is 18.0 Å². The molecule has 0 aromatic heterocycles. The summed E-state index contributed by atoms with van der Waals surface area (Å²) in [5.74, 6) is 0.607. The zero-order valence-corrected chi connectivity index (χ0v) is 18.6. The predicted octanol–water partition coefficient (Wildman–Crippen LogP) is 3.38. The average molecular weight is 470 g/mol. The summed E-state index contributed by atoms with van der Waals surface area (Å²) in [6.45, 7) is 0.489. The third-order valence-electron chi connectivity index (χ3n) is 6.58. The number of hydrogen-bond acceptors (Lipinski definition) is 5. The molecule has 1 saturated heterocycles. The van der Waals surface area contributed by atoms with Crippen LogP contribution in [0.4, 0.5) is 20.6 Å². The summed E-state index contributed by atoms with van der Waals surface area (Å²) < 4.78 is 25.9. The zero-order chi connectivity index (χ0) is 23.7. The molecule has 3 aliphatic rings. The normalized spacial score (nSPS) is 25.0. The molecule has 8 nitrogen and oxygen atoms in total. The van der Waals surface area contributed by atoms with Crippen molar-refractivity contribution in [2.45, 2.75) is 49.9 Å². The SMILES string of the molecule is O=C(C[C@H]1C[C@@H]2c3cc(NC(=O)Nc4ccccc4F)ccc3O[C@@H]2[C@H](CO)O1)NCC1CC1. The number of carbonyl (C=O) groups excluding carboxylic acids is 2. The Hall–Kier alpha value is -3.17. The molecule has 4 atom stereocenters. The minimum Gasteiger partial charge on any atom is -0.487 e. The third-order valence-corrected chi connectivity index (χ3v) is 6.58. The first-order valence-corrected chi connectivity index (χ1v) is 11.7. The van der Waals surface area contributed by atoms with E-state index in [-0.39, 0.29) is 42.7 Å². The van der Waals surface area contributed by atoms with Gasteiger partial charge < -0.3 is 30.5 Å². The fourth-order valence-corrected chi connectivity index (χ4v) is 4.67. The molecule has 4 N–H and O–H groups in total. The molecule has 5 rings (SSSR count). The van der Waals surface area contributed by atoms with Gasteiger partial charge in [-0.15, -0.1) is 0 Å². The van der Waals surface area contributed by atoms with Crippen LogP contribution in [0.2, 0.25) is 0 Å². The number of amides is 3. The van der Waals surface area contributed by atoms with Crippen molar-refractivity contribution < 1.29 is 28.6 Å². The Morgan fingerprint density at radius 1 is 1.12 bits per heavy atom. The number of rotatable bonds is 7. The highest BCUT2D eigenvalue weighted by molar-refractivity contribution is 5.99. The van der Waals surface area contributed by atoms with Crippen molar-refractivity contribution in [3.8, 4) is 5.75 Å². The molecule has 2 heterocycles. The molecule has 34 heavy (non-hydrogen) atoms. The van der Waals surface area contributed by atoms with E-state index in [0.29, 0.717) is 30.3 Å². The van der Waals surface area contributed by atoms with Crippen LogP contribution in [0, 0.1) is 11.7 Å². The number of anilines is 2. The van der Waals surface area contributed by atoms with Crippen LogP contribution in [0.3, 0.4) is 0 Å². The molecule has 2 aromatic carbocycles. The Morgan fingerprint density at radius 3 is 2.71 bits per heavy atom. The van der Waals surface area contributed by atoms with Gasteiger partial charge in [0.1, 0.15) is 23.8 Å². The van der Waals surface area contributed by atoms with Crippen LogP contribution in [0.15, 0.2) is 42.5 Å². The number of fused-ring (bicyclic) bond motifs is 3. The number of ether oxygens (including phenoxy) is 2. The van der Waals surface area contributed by atoms with Gasteiger partial charge in [-0.25, -0.2) is 9.18 Å². The van der Waals surface area contributed by atoms with E-state index in [1.807, 2.05) is 6.07 Å². The van der Waals surface area contributed by atoms with Crippen LogP contribution in [0.25, 0.3) is 0 Å². The van der Waals surface area contributed by atoms with Crippen molar-refractivity contribution in [3.05, 3.63) is 53.8 Å². The Morgan fingerprint density at radius 2 is 1.94 bits per heavy atom. The molecule has 0 spiro atoms. The summed E-state index contributed by atoms with van der Waals surface area (Å²) in [5.41, 5.74) is 1.50. The summed E-state index contributed by atoms with van der Waals surface area (Å²) in [6.07, 6.45) is 1.87. The second kappa shape index (κ2) is 9.60. The molecule has 9 heteroatoms. The summed E-state index contributed by atoms with van der Waals surface area (Å²) in [5, 5.41) is 18.1. The maximum absolute atomic E-state index is 13.8. The van der Waals surface area contributed by atoms with Gasteiger partial charge in [0.15, 0.2) is 0 Å². The van der Waals surface area contributed by atoms with E-state index in [1.54, 1.807) is 24.3 Å². The molecule has 2 aliphatic heterocycles. The van der Waals surface area contributed by atoms with E-state index in [1.165, 1.54) is 25.0 Å². The van der Waals surface area contributed by atoms with Gasteiger partial charge in [0.25, 0.3) is 0 Å². The minimum absolute atomic E-state index is 0.0496. The molecular formula is C25H28FN3O5. The highest BCUT2D eigenvalue weighted by Gasteiger charge is 2.46. The molecule has 0 bridgehead atoms. The van der Waals surface area contributed by atoms with Crippen LogP contribution >= 0.6 is 0 Å². The number of halogens is 1. The van der Waals surface area contributed by atoms with Crippen LogP contribution in [-0.4, -0.2) is 48.5 Å². The van der Waals surface area contributed by atoms with Crippen LogP contribution < -0.4 is 20.7 Å². The number of carbonyl (C=O) groups is 2. The van der Waals surface area contributed by atoms with Gasteiger partial charge in [-0.05, 0) is 55.5 Å². The van der Waals surface area contributed by atoms with Gasteiger partial charge in [0.05, 0.1) is 24.8 Å². The van der Waals surface area contributed by atoms with Gasteiger partial charge >= 0.3 is 6.03 Å². The lowest BCUT2D eigenvalue weighted by Crippen LogP contribution is -2.47. The number of aliphatic hydroxyl groups is 1. The quantitative estimate of drug-likeness (QED) is 0.497. The molecule has 0 radical (unpaired) electrons. The van der Waals surface area contributed by atoms with Gasteiger partial charge in [-0.2, -0.15) is 0 Å². The molecule has 0 unspecified atom stereocenters. The van der Waals surface area contributed by atoms with Crippen molar-refractivity contribution in [2.24, 2.45) is 5.92 Å². The highest BCUT2D eigenvalue weighted by atomic mass is 19.1. The largest absolute Gasteiger partial charge is 0.487 e. The molecule has 2 aromatic rings. The number of urea groups is 1. The fourth-order valence-electron chi connectivity index (χ4n) is 4.67. The Balaban J connectivity index is 1.26. The van der Waals surface area contributed by atoms with Crippen molar-refractivity contribution in [3.63, 3.8) is 0 Å². The fraction of sp³-hybridized carbons (Fsp3) is 0.440. The van der Waals surface area contributed by atoms with E-state index in [9.17, 15) is 19.1 Å². The minimum atomic E-state index is -0.564. The number of nitrogens with one attached hydrogen (secondary N) is 3. The van der Waals surface area contributed by atoms with Crippen LogP contribution in [-0.2, 0) is 9.53 Å². The lowest BCUT2D eigenvalue weighted by atomic mass is 9.84. The Kier molecular flexibility index (Phi) is 6.38. The average Bonchev–Trinajstić information content (AvgIpc) is 3.59. The molecular weight excluding hydrogens is 441 g/mol. The van der Waals surface area contributed by atoms with Gasteiger partial charge in [0.2, 0.25) is 5.91 Å². The standard InChI is InChI=1S/C25H28FN3O5/c26-19-3-1-2-4-20(19)29-25(32)28-15-7-8-21-17(9-15)18-10-16(33-22(13-30)24(18)34-21)11-23(31)27-12-14-5-6-14/h1-4,7-9,14,16,18,22,24,30H,5-6,10-13H2,(H,27,31)(H2,28,29,32)/t16-,18-,22+,24+/m1/s1. The second-order valence-electron chi connectivity index (χ2n) is 9.17. The lowest BCUT2D eigenvalue weighted by Gasteiger charge is -2.37. The summed E-state index contributed by atoms with van der Waals surface area (Å²) >= 11 is 0. The zero-order valence-electron chi connectivity index (χ0n) is 18.6. The van der Waals surface area contributed by atoms with E-state index in [4.69, 9.17) is 9.47 Å². The molecule has 1 aliphatic carbocycles. The number of para-hydroxylation sites is 1. The topological polar surface area (TPSA) is 109 Å². The molecule has 2 fully saturated rings. The van der Waals surface area contributed by atoms with E-state index >= 15 is 0 Å². The first-order chi connectivity index (χ1) is 16.5. The van der Waals surface area contributed by atoms with Crippen LogP contribution in [0.1, 0.15) is 37.2 Å². The number of aliphatic hydroxyl groups excluding tert-OH is 1. The van der Waals surface area contributed by atoms with E-state index in [2.05, 4.69) is 16.0 Å². The van der Waals surface area contributed by atoms with Crippen molar-refractivity contribution >= 4 is 23.3 Å². The van der Waals surface area contributed by atoms with E-state index in [0.717, 1.165) is 5.56 Å². The summed E-state index contributed by atoms with van der Waals surface area (Å²) in [6, 6.07) is 10.7.